The van der Waals surface area contributed by atoms with Crippen LogP contribution in [0.5, 0.6) is 5.75 Å². The molecule has 7 heteroatoms. The van der Waals surface area contributed by atoms with Gasteiger partial charge in [-0.25, -0.2) is 4.98 Å². The summed E-state index contributed by atoms with van der Waals surface area (Å²) in [6.45, 7) is 0.345. The quantitative estimate of drug-likeness (QED) is 0.595. The number of hydrogen-bond acceptors (Lipinski definition) is 4. The van der Waals surface area contributed by atoms with Crippen LogP contribution in [0.15, 0.2) is 58.4 Å². The molecule has 3 rings (SSSR count). The molecule has 1 amide bonds. The van der Waals surface area contributed by atoms with E-state index in [2.05, 4.69) is 26.2 Å². The molecular weight excluding hydrogens is 424 g/mol. The first kappa shape index (κ1) is 17.9. The fourth-order valence-electron chi connectivity index (χ4n) is 2.05. The Labute approximate surface area is 162 Å². The van der Waals surface area contributed by atoms with Crippen molar-refractivity contribution < 1.29 is 9.53 Å². The zero-order valence-electron chi connectivity index (χ0n) is 13.0. The lowest BCUT2D eigenvalue weighted by Gasteiger charge is -2.06. The van der Waals surface area contributed by atoms with Gasteiger partial charge in [0.05, 0.1) is 12.2 Å². The number of carbonyl (C=O) groups is 1. The third-order valence-corrected chi connectivity index (χ3v) is 4.94. The number of aromatic nitrogens is 1. The average Bonchev–Trinajstić information content (AvgIpc) is 3.09. The van der Waals surface area contributed by atoms with Gasteiger partial charge in [0.2, 0.25) is 0 Å². The van der Waals surface area contributed by atoms with E-state index in [1.54, 1.807) is 12.1 Å². The van der Waals surface area contributed by atoms with Gasteiger partial charge in [0.25, 0.3) is 5.91 Å². The van der Waals surface area contributed by atoms with Crippen LogP contribution >= 0.6 is 38.9 Å². The summed E-state index contributed by atoms with van der Waals surface area (Å²) in [5.41, 5.74) is 1.87. The fraction of sp³-hybridized carbons (Fsp3) is 0.111. The Morgan fingerprint density at radius 2 is 1.88 bits per heavy atom. The SMILES string of the molecule is O=C(COc1ccc(Br)cc1)NCc1nc(-c2ccc(Cl)cc2)cs1. The van der Waals surface area contributed by atoms with Crippen LogP contribution in [0.1, 0.15) is 5.01 Å². The molecular formula is C18H14BrClN2O2S. The molecule has 0 spiro atoms. The number of benzene rings is 2. The summed E-state index contributed by atoms with van der Waals surface area (Å²) < 4.78 is 6.40. The predicted octanol–water partition coefficient (Wildman–Crippen LogP) is 4.92. The summed E-state index contributed by atoms with van der Waals surface area (Å²) in [5, 5.41) is 6.30. The van der Waals surface area contributed by atoms with Crippen LogP contribution in [0.25, 0.3) is 11.3 Å². The van der Waals surface area contributed by atoms with Gasteiger partial charge >= 0.3 is 0 Å². The Morgan fingerprint density at radius 1 is 1.16 bits per heavy atom. The monoisotopic (exact) mass is 436 g/mol. The highest BCUT2D eigenvalue weighted by Crippen LogP contribution is 2.23. The van der Waals surface area contributed by atoms with E-state index in [4.69, 9.17) is 16.3 Å². The Balaban J connectivity index is 1.49. The number of ether oxygens (including phenoxy) is 1. The number of hydrogen-bond donors (Lipinski definition) is 1. The molecule has 0 atom stereocenters. The van der Waals surface area contributed by atoms with E-state index in [1.807, 2.05) is 41.8 Å². The standard InChI is InChI=1S/C18H14BrClN2O2S/c19-13-3-7-15(8-4-13)24-10-17(23)21-9-18-22-16(11-25-18)12-1-5-14(20)6-2-12/h1-8,11H,9-10H2,(H,21,23). The minimum atomic E-state index is -0.189. The van der Waals surface area contributed by atoms with Crippen LogP contribution < -0.4 is 10.1 Å². The van der Waals surface area contributed by atoms with E-state index in [1.165, 1.54) is 11.3 Å². The lowest BCUT2D eigenvalue weighted by Crippen LogP contribution is -2.28. The van der Waals surface area contributed by atoms with Gasteiger partial charge in [-0.05, 0) is 36.4 Å². The van der Waals surface area contributed by atoms with Crippen LogP contribution in [-0.2, 0) is 11.3 Å². The van der Waals surface area contributed by atoms with E-state index in [0.717, 1.165) is 20.7 Å². The van der Waals surface area contributed by atoms with Crippen molar-refractivity contribution >= 4 is 44.8 Å². The summed E-state index contributed by atoms with van der Waals surface area (Å²) in [7, 11) is 0. The van der Waals surface area contributed by atoms with Gasteiger partial charge in [-0.3, -0.25) is 4.79 Å². The van der Waals surface area contributed by atoms with Crippen LogP contribution in [-0.4, -0.2) is 17.5 Å². The molecule has 128 valence electrons. The van der Waals surface area contributed by atoms with Crippen molar-refractivity contribution in [2.75, 3.05) is 6.61 Å². The van der Waals surface area contributed by atoms with Crippen molar-refractivity contribution in [3.8, 4) is 17.0 Å². The average molecular weight is 438 g/mol. The lowest BCUT2D eigenvalue weighted by molar-refractivity contribution is -0.123. The fourth-order valence-corrected chi connectivity index (χ4v) is 3.18. The van der Waals surface area contributed by atoms with E-state index in [-0.39, 0.29) is 12.5 Å². The van der Waals surface area contributed by atoms with Crippen LogP contribution in [0, 0.1) is 0 Å². The number of carbonyl (C=O) groups excluding carboxylic acids is 1. The predicted molar refractivity (Wildman–Crippen MR) is 104 cm³/mol. The third-order valence-electron chi connectivity index (χ3n) is 3.31. The van der Waals surface area contributed by atoms with Gasteiger partial charge in [-0.2, -0.15) is 0 Å². The van der Waals surface area contributed by atoms with Gasteiger partial charge in [0.1, 0.15) is 10.8 Å². The summed E-state index contributed by atoms with van der Waals surface area (Å²) in [5.74, 6) is 0.462. The zero-order chi connectivity index (χ0) is 17.6. The van der Waals surface area contributed by atoms with Crippen molar-refractivity contribution in [1.82, 2.24) is 10.3 Å². The van der Waals surface area contributed by atoms with Gasteiger partial charge < -0.3 is 10.1 Å². The lowest BCUT2D eigenvalue weighted by atomic mass is 10.2. The Kier molecular flexibility index (Phi) is 6.07. The Morgan fingerprint density at radius 3 is 2.60 bits per heavy atom. The highest BCUT2D eigenvalue weighted by Gasteiger charge is 2.07. The van der Waals surface area contributed by atoms with Gasteiger partial charge in [0, 0.05) is 20.4 Å². The highest BCUT2D eigenvalue weighted by atomic mass is 79.9. The second-order valence-electron chi connectivity index (χ2n) is 5.15. The van der Waals surface area contributed by atoms with Crippen molar-refractivity contribution in [2.45, 2.75) is 6.54 Å². The summed E-state index contributed by atoms with van der Waals surface area (Å²) in [4.78, 5) is 16.4. The Bertz CT molecular complexity index is 850. The number of amides is 1. The molecule has 0 unspecified atom stereocenters. The maximum absolute atomic E-state index is 11.9. The van der Waals surface area contributed by atoms with Gasteiger partial charge in [-0.1, -0.05) is 39.7 Å². The molecule has 1 aromatic heterocycles. The molecule has 1 N–H and O–H groups in total. The van der Waals surface area contributed by atoms with Crippen molar-refractivity contribution in [3.63, 3.8) is 0 Å². The van der Waals surface area contributed by atoms with E-state index >= 15 is 0 Å². The molecule has 0 saturated carbocycles. The molecule has 0 fully saturated rings. The molecule has 0 aliphatic rings. The minimum absolute atomic E-state index is 0.0307. The number of rotatable bonds is 6. The molecule has 4 nitrogen and oxygen atoms in total. The first-order chi connectivity index (χ1) is 12.1. The second-order valence-corrected chi connectivity index (χ2v) is 7.45. The smallest absolute Gasteiger partial charge is 0.258 e. The van der Waals surface area contributed by atoms with E-state index in [9.17, 15) is 4.79 Å². The van der Waals surface area contributed by atoms with E-state index < -0.39 is 0 Å². The zero-order valence-corrected chi connectivity index (χ0v) is 16.2. The maximum atomic E-state index is 11.9. The summed E-state index contributed by atoms with van der Waals surface area (Å²) in [6.07, 6.45) is 0. The summed E-state index contributed by atoms with van der Waals surface area (Å²) >= 11 is 10.7. The van der Waals surface area contributed by atoms with Crippen molar-refractivity contribution in [2.24, 2.45) is 0 Å². The molecule has 25 heavy (non-hydrogen) atoms. The molecule has 0 aliphatic carbocycles. The third kappa shape index (κ3) is 5.29. The largest absolute Gasteiger partial charge is 0.484 e. The Hall–Kier alpha value is -1.89. The minimum Gasteiger partial charge on any atom is -0.484 e. The molecule has 0 bridgehead atoms. The van der Waals surface area contributed by atoms with E-state index in [0.29, 0.717) is 17.3 Å². The first-order valence-electron chi connectivity index (χ1n) is 7.45. The van der Waals surface area contributed by atoms with Crippen LogP contribution in [0.3, 0.4) is 0 Å². The molecule has 1 heterocycles. The number of nitrogens with zero attached hydrogens (tertiary/aromatic N) is 1. The molecule has 0 radical (unpaired) electrons. The molecule has 3 aromatic rings. The maximum Gasteiger partial charge on any atom is 0.258 e. The second kappa shape index (κ2) is 8.47. The normalized spacial score (nSPS) is 10.5. The number of nitrogens with one attached hydrogen (secondary N) is 1. The summed E-state index contributed by atoms with van der Waals surface area (Å²) in [6, 6.07) is 14.8. The topological polar surface area (TPSA) is 51.2 Å². The van der Waals surface area contributed by atoms with Gasteiger partial charge in [0.15, 0.2) is 6.61 Å². The van der Waals surface area contributed by atoms with Crippen molar-refractivity contribution in [1.29, 1.82) is 0 Å². The molecule has 0 aliphatic heterocycles. The highest BCUT2D eigenvalue weighted by molar-refractivity contribution is 9.10. The number of halogens is 2. The molecule has 0 saturated heterocycles. The van der Waals surface area contributed by atoms with Crippen LogP contribution in [0.4, 0.5) is 0 Å². The first-order valence-corrected chi connectivity index (χ1v) is 9.50. The van der Waals surface area contributed by atoms with Crippen LogP contribution in [0.2, 0.25) is 5.02 Å². The number of thiazole rings is 1. The van der Waals surface area contributed by atoms with Crippen molar-refractivity contribution in [3.05, 3.63) is 68.4 Å². The molecule has 2 aromatic carbocycles. The van der Waals surface area contributed by atoms with Gasteiger partial charge in [-0.15, -0.1) is 11.3 Å².